The fourth-order valence-electron chi connectivity index (χ4n) is 1.99. The van der Waals surface area contributed by atoms with Crippen molar-refractivity contribution in [3.05, 3.63) is 65.2 Å². The zero-order valence-corrected chi connectivity index (χ0v) is 13.4. The van der Waals surface area contributed by atoms with Gasteiger partial charge in [0.25, 0.3) is 5.22 Å². The topological polar surface area (TPSA) is 82.0 Å². The van der Waals surface area contributed by atoms with Crippen LogP contribution in [0.1, 0.15) is 10.8 Å². The molecule has 5 nitrogen and oxygen atoms in total. The minimum atomic E-state index is -0.588. The number of thioether (sulfide) groups is 1. The van der Waals surface area contributed by atoms with Crippen LogP contribution in [0.3, 0.4) is 0 Å². The van der Waals surface area contributed by atoms with E-state index in [2.05, 4.69) is 10.2 Å². The Bertz CT molecular complexity index is 806. The third-order valence-corrected chi connectivity index (χ3v) is 4.44. The molecule has 1 heterocycles. The molecular weight excluding hydrogens is 334 g/mol. The molecule has 0 saturated heterocycles. The summed E-state index contributed by atoms with van der Waals surface area (Å²) in [5, 5.41) is 8.28. The lowest BCUT2D eigenvalue weighted by molar-refractivity contribution is -0.117. The fraction of sp³-hybridized carbons (Fsp3) is 0.0625. The predicted octanol–water partition coefficient (Wildman–Crippen LogP) is 3.71. The number of amides is 1. The van der Waals surface area contributed by atoms with Crippen molar-refractivity contribution in [3.8, 4) is 11.5 Å². The number of carbonyl (C=O) groups is 1. The monoisotopic (exact) mass is 345 g/mol. The van der Waals surface area contributed by atoms with Crippen molar-refractivity contribution in [2.75, 3.05) is 0 Å². The summed E-state index contributed by atoms with van der Waals surface area (Å²) in [5.74, 6) is -0.104. The van der Waals surface area contributed by atoms with E-state index < -0.39 is 11.2 Å². The molecule has 0 fully saturated rings. The van der Waals surface area contributed by atoms with Crippen molar-refractivity contribution in [1.29, 1.82) is 0 Å². The van der Waals surface area contributed by atoms with E-state index in [0.29, 0.717) is 10.9 Å². The highest BCUT2D eigenvalue weighted by atomic mass is 35.5. The van der Waals surface area contributed by atoms with E-state index in [1.54, 1.807) is 24.3 Å². The van der Waals surface area contributed by atoms with Crippen LogP contribution < -0.4 is 5.73 Å². The maximum absolute atomic E-state index is 11.7. The van der Waals surface area contributed by atoms with Crippen molar-refractivity contribution in [2.24, 2.45) is 5.73 Å². The summed E-state index contributed by atoms with van der Waals surface area (Å²) in [7, 11) is 0. The Labute approximate surface area is 141 Å². The van der Waals surface area contributed by atoms with Crippen molar-refractivity contribution in [2.45, 2.75) is 10.5 Å². The molecule has 7 heteroatoms. The zero-order chi connectivity index (χ0) is 16.2. The van der Waals surface area contributed by atoms with E-state index in [-0.39, 0.29) is 5.22 Å². The van der Waals surface area contributed by atoms with Gasteiger partial charge in [-0.25, -0.2) is 0 Å². The van der Waals surface area contributed by atoms with Crippen molar-refractivity contribution in [3.63, 3.8) is 0 Å². The highest BCUT2D eigenvalue weighted by Gasteiger charge is 2.22. The van der Waals surface area contributed by atoms with Gasteiger partial charge in [-0.3, -0.25) is 4.79 Å². The van der Waals surface area contributed by atoms with Gasteiger partial charge in [-0.05, 0) is 41.6 Å². The van der Waals surface area contributed by atoms with Crippen LogP contribution in [-0.4, -0.2) is 16.1 Å². The van der Waals surface area contributed by atoms with E-state index in [1.165, 1.54) is 0 Å². The van der Waals surface area contributed by atoms with Crippen molar-refractivity contribution < 1.29 is 9.21 Å². The molecule has 0 aliphatic heterocycles. The minimum absolute atomic E-state index is 0.280. The van der Waals surface area contributed by atoms with Gasteiger partial charge >= 0.3 is 0 Å². The molecule has 116 valence electrons. The van der Waals surface area contributed by atoms with E-state index >= 15 is 0 Å². The Morgan fingerprint density at radius 3 is 2.43 bits per heavy atom. The molecule has 2 N–H and O–H groups in total. The van der Waals surface area contributed by atoms with Crippen molar-refractivity contribution >= 4 is 29.3 Å². The Morgan fingerprint density at radius 1 is 1.09 bits per heavy atom. The normalized spacial score (nSPS) is 12.0. The van der Waals surface area contributed by atoms with Crippen LogP contribution in [0.4, 0.5) is 0 Å². The zero-order valence-electron chi connectivity index (χ0n) is 11.8. The smallest absolute Gasteiger partial charge is 0.277 e. The van der Waals surface area contributed by atoms with Crippen LogP contribution in [-0.2, 0) is 4.79 Å². The highest BCUT2D eigenvalue weighted by molar-refractivity contribution is 8.00. The van der Waals surface area contributed by atoms with Gasteiger partial charge < -0.3 is 10.2 Å². The van der Waals surface area contributed by atoms with Gasteiger partial charge in [-0.15, -0.1) is 10.2 Å². The molecular formula is C16H12ClN3O2S. The molecule has 0 aliphatic carbocycles. The second-order valence-corrected chi connectivity index (χ2v) is 6.18. The Morgan fingerprint density at radius 2 is 1.78 bits per heavy atom. The predicted molar refractivity (Wildman–Crippen MR) is 89.0 cm³/mol. The van der Waals surface area contributed by atoms with E-state index in [9.17, 15) is 4.79 Å². The first kappa shape index (κ1) is 15.6. The average Bonchev–Trinajstić information content (AvgIpc) is 3.02. The number of halogens is 1. The average molecular weight is 346 g/mol. The molecule has 0 saturated carbocycles. The Hall–Kier alpha value is -2.31. The first-order valence-electron chi connectivity index (χ1n) is 6.74. The van der Waals surface area contributed by atoms with E-state index in [0.717, 1.165) is 22.9 Å². The third-order valence-electron chi connectivity index (χ3n) is 3.08. The summed E-state index contributed by atoms with van der Waals surface area (Å²) < 4.78 is 5.60. The number of benzene rings is 2. The largest absolute Gasteiger partial charge is 0.411 e. The number of carbonyl (C=O) groups excluding carboxylic acids is 1. The standard InChI is InChI=1S/C16H12ClN3O2S/c17-12-8-6-11(7-9-12)15-19-20-16(22-15)23-13(14(18)21)10-4-2-1-3-5-10/h1-9,13H,(H2,18,21). The lowest BCUT2D eigenvalue weighted by atomic mass is 10.1. The number of aromatic nitrogens is 2. The van der Waals surface area contributed by atoms with Crippen LogP contribution >= 0.6 is 23.4 Å². The van der Waals surface area contributed by atoms with Crippen LogP contribution in [0.2, 0.25) is 5.02 Å². The summed E-state index contributed by atoms with van der Waals surface area (Å²) >= 11 is 6.98. The number of primary amides is 1. The molecule has 23 heavy (non-hydrogen) atoms. The molecule has 0 bridgehead atoms. The lowest BCUT2D eigenvalue weighted by Gasteiger charge is -2.10. The molecule has 0 spiro atoms. The first-order chi connectivity index (χ1) is 11.1. The lowest BCUT2D eigenvalue weighted by Crippen LogP contribution is -2.18. The van der Waals surface area contributed by atoms with E-state index in [4.69, 9.17) is 21.8 Å². The van der Waals surface area contributed by atoms with Gasteiger partial charge in [-0.1, -0.05) is 41.9 Å². The number of nitrogens with two attached hydrogens (primary N) is 1. The molecule has 0 aliphatic rings. The molecule has 2 aromatic carbocycles. The Kier molecular flexibility index (Phi) is 4.64. The summed E-state index contributed by atoms with van der Waals surface area (Å²) in [6.45, 7) is 0. The quantitative estimate of drug-likeness (QED) is 0.713. The molecule has 3 rings (SSSR count). The maximum Gasteiger partial charge on any atom is 0.277 e. The number of rotatable bonds is 5. The summed E-state index contributed by atoms with van der Waals surface area (Å²) in [6.07, 6.45) is 0. The van der Waals surface area contributed by atoms with Gasteiger partial charge in [0.1, 0.15) is 5.25 Å². The van der Waals surface area contributed by atoms with Gasteiger partial charge in [-0.2, -0.15) is 0 Å². The van der Waals surface area contributed by atoms with Gasteiger partial charge in [0, 0.05) is 10.6 Å². The maximum atomic E-state index is 11.7. The summed E-state index contributed by atoms with van der Waals surface area (Å²) in [4.78, 5) is 11.7. The van der Waals surface area contributed by atoms with E-state index in [1.807, 2.05) is 30.3 Å². The van der Waals surface area contributed by atoms with Gasteiger partial charge in [0.15, 0.2) is 0 Å². The molecule has 1 atom stereocenters. The molecule has 1 aromatic heterocycles. The van der Waals surface area contributed by atoms with Gasteiger partial charge in [0.05, 0.1) is 0 Å². The van der Waals surface area contributed by atoms with Crippen LogP contribution in [0.15, 0.2) is 64.2 Å². The number of nitrogens with zero attached hydrogens (tertiary/aromatic N) is 2. The summed E-state index contributed by atoms with van der Waals surface area (Å²) in [6, 6.07) is 16.3. The number of hydrogen-bond acceptors (Lipinski definition) is 5. The first-order valence-corrected chi connectivity index (χ1v) is 7.99. The second-order valence-electron chi connectivity index (χ2n) is 4.69. The fourth-order valence-corrected chi connectivity index (χ4v) is 2.94. The molecule has 3 aromatic rings. The second kappa shape index (κ2) is 6.85. The Balaban J connectivity index is 1.82. The van der Waals surface area contributed by atoms with Crippen molar-refractivity contribution in [1.82, 2.24) is 10.2 Å². The van der Waals surface area contributed by atoms with Crippen LogP contribution in [0.25, 0.3) is 11.5 Å². The number of hydrogen-bond donors (Lipinski definition) is 1. The molecule has 1 amide bonds. The molecule has 1 unspecified atom stereocenters. The third kappa shape index (κ3) is 3.72. The SMILES string of the molecule is NC(=O)C(Sc1nnc(-c2ccc(Cl)cc2)o1)c1ccccc1. The van der Waals surface area contributed by atoms with Crippen LogP contribution in [0.5, 0.6) is 0 Å². The highest BCUT2D eigenvalue weighted by Crippen LogP contribution is 2.35. The summed E-state index contributed by atoms with van der Waals surface area (Å²) in [5.41, 5.74) is 7.03. The van der Waals surface area contributed by atoms with Gasteiger partial charge in [0.2, 0.25) is 11.8 Å². The minimum Gasteiger partial charge on any atom is -0.411 e. The molecule has 0 radical (unpaired) electrons. The van der Waals surface area contributed by atoms with Crippen LogP contribution in [0, 0.1) is 0 Å².